The Morgan fingerprint density at radius 2 is 2.25 bits per heavy atom. The van der Waals surface area contributed by atoms with Gasteiger partial charge in [-0.05, 0) is 25.8 Å². The molecule has 1 aromatic rings. The highest BCUT2D eigenvalue weighted by Gasteiger charge is 2.07. The van der Waals surface area contributed by atoms with Gasteiger partial charge in [0, 0.05) is 24.4 Å². The van der Waals surface area contributed by atoms with Gasteiger partial charge in [-0.1, -0.05) is 6.92 Å². The van der Waals surface area contributed by atoms with Crippen molar-refractivity contribution in [2.45, 2.75) is 32.8 Å². The number of aliphatic hydroxyl groups is 2. The zero-order chi connectivity index (χ0) is 14.8. The number of ether oxygens (including phenoxy) is 1. The van der Waals surface area contributed by atoms with Crippen molar-refractivity contribution >= 4 is 11.3 Å². The van der Waals surface area contributed by atoms with Gasteiger partial charge in [-0.15, -0.1) is 11.3 Å². The molecule has 0 bridgehead atoms. The predicted octanol–water partition coefficient (Wildman–Crippen LogP) is 0.980. The van der Waals surface area contributed by atoms with Gasteiger partial charge in [-0.25, -0.2) is 4.98 Å². The molecular weight excluding hydrogens is 276 g/mol. The van der Waals surface area contributed by atoms with E-state index in [0.717, 1.165) is 25.1 Å². The Morgan fingerprint density at radius 3 is 2.90 bits per heavy atom. The molecule has 0 aromatic carbocycles. The Balaban J connectivity index is 2.00. The molecule has 0 saturated heterocycles. The number of aryl methyl sites for hydroxylation is 1. The summed E-state index contributed by atoms with van der Waals surface area (Å²) in [7, 11) is 0. The van der Waals surface area contributed by atoms with Crippen LogP contribution in [-0.4, -0.2) is 54.2 Å². The monoisotopic (exact) mass is 302 g/mol. The van der Waals surface area contributed by atoms with Crippen molar-refractivity contribution in [1.29, 1.82) is 0 Å². The van der Waals surface area contributed by atoms with Gasteiger partial charge in [-0.2, -0.15) is 0 Å². The lowest BCUT2D eigenvalue weighted by atomic mass is 10.1. The lowest BCUT2D eigenvalue weighted by Gasteiger charge is -2.15. The molecule has 20 heavy (non-hydrogen) atoms. The zero-order valence-electron chi connectivity index (χ0n) is 12.3. The number of rotatable bonds is 11. The van der Waals surface area contributed by atoms with E-state index in [4.69, 9.17) is 9.84 Å². The summed E-state index contributed by atoms with van der Waals surface area (Å²) in [5.41, 5.74) is 2.91. The molecule has 3 N–H and O–H groups in total. The van der Waals surface area contributed by atoms with Gasteiger partial charge >= 0.3 is 0 Å². The van der Waals surface area contributed by atoms with Gasteiger partial charge in [0.2, 0.25) is 0 Å². The molecule has 1 aromatic heterocycles. The van der Waals surface area contributed by atoms with Crippen LogP contribution < -0.4 is 5.32 Å². The molecule has 1 rings (SSSR count). The number of thiazole rings is 1. The van der Waals surface area contributed by atoms with Gasteiger partial charge in [0.1, 0.15) is 0 Å². The molecule has 0 aliphatic heterocycles. The lowest BCUT2D eigenvalue weighted by molar-refractivity contribution is 0.0381. The van der Waals surface area contributed by atoms with Crippen molar-refractivity contribution in [1.82, 2.24) is 10.3 Å². The van der Waals surface area contributed by atoms with Gasteiger partial charge in [0.25, 0.3) is 0 Å². The minimum atomic E-state index is -0.487. The van der Waals surface area contributed by atoms with E-state index >= 15 is 0 Å². The van der Waals surface area contributed by atoms with Crippen LogP contribution in [0, 0.1) is 12.8 Å². The SMILES string of the molecule is Cc1ncsc1CCOCC(O)CNCC(C)CCO. The first-order chi connectivity index (χ1) is 9.63. The minimum absolute atomic E-state index is 0.214. The second-order valence-electron chi connectivity index (χ2n) is 5.12. The van der Waals surface area contributed by atoms with Crippen LogP contribution in [0.1, 0.15) is 23.9 Å². The Bertz CT molecular complexity index is 360. The molecule has 0 aliphatic rings. The van der Waals surface area contributed by atoms with Crippen LogP contribution in [-0.2, 0) is 11.2 Å². The second-order valence-corrected chi connectivity index (χ2v) is 6.05. The van der Waals surface area contributed by atoms with E-state index in [0.29, 0.717) is 25.7 Å². The molecule has 1 heterocycles. The van der Waals surface area contributed by atoms with Gasteiger partial charge < -0.3 is 20.3 Å². The summed E-state index contributed by atoms with van der Waals surface area (Å²) in [5.74, 6) is 0.419. The van der Waals surface area contributed by atoms with E-state index in [1.807, 2.05) is 12.4 Å². The van der Waals surface area contributed by atoms with Crippen LogP contribution >= 0.6 is 11.3 Å². The largest absolute Gasteiger partial charge is 0.396 e. The fraction of sp³-hybridized carbons (Fsp3) is 0.786. The van der Waals surface area contributed by atoms with Gasteiger partial charge in [-0.3, -0.25) is 0 Å². The molecule has 116 valence electrons. The quantitative estimate of drug-likeness (QED) is 0.531. The molecule has 2 unspecified atom stereocenters. The van der Waals surface area contributed by atoms with Crippen molar-refractivity contribution in [2.24, 2.45) is 5.92 Å². The van der Waals surface area contributed by atoms with Crippen LogP contribution in [0.5, 0.6) is 0 Å². The number of aromatic nitrogens is 1. The number of hydrogen-bond acceptors (Lipinski definition) is 6. The lowest BCUT2D eigenvalue weighted by Crippen LogP contribution is -2.33. The molecule has 5 nitrogen and oxygen atoms in total. The van der Waals surface area contributed by atoms with Gasteiger partial charge in [0.05, 0.1) is 30.5 Å². The maximum atomic E-state index is 9.76. The fourth-order valence-electron chi connectivity index (χ4n) is 1.83. The first kappa shape index (κ1) is 17.5. The number of nitrogens with zero attached hydrogens (tertiary/aromatic N) is 1. The third kappa shape index (κ3) is 7.31. The molecule has 2 atom stereocenters. The van der Waals surface area contributed by atoms with E-state index < -0.39 is 6.10 Å². The van der Waals surface area contributed by atoms with E-state index in [1.165, 1.54) is 4.88 Å². The van der Waals surface area contributed by atoms with Crippen LogP contribution in [0.2, 0.25) is 0 Å². The smallest absolute Gasteiger partial charge is 0.0897 e. The standard InChI is InChI=1S/C14H26N2O3S/c1-11(3-5-17)7-15-8-13(18)9-19-6-4-14-12(2)16-10-20-14/h10-11,13,15,17-18H,3-9H2,1-2H3. The number of nitrogens with one attached hydrogen (secondary N) is 1. The predicted molar refractivity (Wildman–Crippen MR) is 81.1 cm³/mol. The van der Waals surface area contributed by atoms with Crippen LogP contribution in [0.25, 0.3) is 0 Å². The van der Waals surface area contributed by atoms with E-state index in [1.54, 1.807) is 11.3 Å². The maximum absolute atomic E-state index is 9.76. The summed E-state index contributed by atoms with van der Waals surface area (Å²) in [6.07, 6.45) is 1.15. The maximum Gasteiger partial charge on any atom is 0.0897 e. The normalized spacial score (nSPS) is 14.4. The molecule has 6 heteroatoms. The minimum Gasteiger partial charge on any atom is -0.396 e. The van der Waals surface area contributed by atoms with Crippen molar-refractivity contribution in [3.8, 4) is 0 Å². The average molecular weight is 302 g/mol. The van der Waals surface area contributed by atoms with E-state index in [2.05, 4.69) is 17.2 Å². The molecule has 0 radical (unpaired) electrons. The van der Waals surface area contributed by atoms with Crippen molar-refractivity contribution < 1.29 is 14.9 Å². The molecule has 0 amide bonds. The van der Waals surface area contributed by atoms with Crippen LogP contribution in [0.15, 0.2) is 5.51 Å². The summed E-state index contributed by atoms with van der Waals surface area (Å²) in [4.78, 5) is 5.43. The summed E-state index contributed by atoms with van der Waals surface area (Å²) in [6.45, 7) is 6.57. The average Bonchev–Trinajstić information content (AvgIpc) is 2.81. The van der Waals surface area contributed by atoms with E-state index in [-0.39, 0.29) is 6.61 Å². The summed E-state index contributed by atoms with van der Waals surface area (Å²) >= 11 is 1.64. The molecule has 0 saturated carbocycles. The second kappa shape index (κ2) is 10.2. The number of hydrogen-bond donors (Lipinski definition) is 3. The summed E-state index contributed by atoms with van der Waals surface area (Å²) < 4.78 is 5.48. The molecule has 0 spiro atoms. The Morgan fingerprint density at radius 1 is 1.45 bits per heavy atom. The zero-order valence-corrected chi connectivity index (χ0v) is 13.2. The number of aliphatic hydroxyl groups excluding tert-OH is 2. The summed E-state index contributed by atoms with van der Waals surface area (Å²) in [6, 6.07) is 0. The Labute approximate surface area is 125 Å². The van der Waals surface area contributed by atoms with Gasteiger partial charge in [0.15, 0.2) is 0 Å². The third-order valence-corrected chi connectivity index (χ3v) is 4.12. The Kier molecular flexibility index (Phi) is 8.97. The highest BCUT2D eigenvalue weighted by molar-refractivity contribution is 7.09. The third-order valence-electron chi connectivity index (χ3n) is 3.12. The highest BCUT2D eigenvalue weighted by atomic mass is 32.1. The topological polar surface area (TPSA) is 74.6 Å². The van der Waals surface area contributed by atoms with Crippen LogP contribution in [0.3, 0.4) is 0 Å². The summed E-state index contributed by atoms with van der Waals surface area (Å²) in [5, 5.41) is 21.7. The Hall–Kier alpha value is -0.530. The fourth-order valence-corrected chi connectivity index (χ4v) is 2.59. The van der Waals surface area contributed by atoms with Crippen molar-refractivity contribution in [3.05, 3.63) is 16.1 Å². The highest BCUT2D eigenvalue weighted by Crippen LogP contribution is 2.12. The van der Waals surface area contributed by atoms with Crippen molar-refractivity contribution in [3.63, 3.8) is 0 Å². The molecular formula is C14H26N2O3S. The first-order valence-corrected chi connectivity index (χ1v) is 7.97. The van der Waals surface area contributed by atoms with Crippen LogP contribution in [0.4, 0.5) is 0 Å². The molecule has 0 fully saturated rings. The molecule has 0 aliphatic carbocycles. The van der Waals surface area contributed by atoms with Crippen molar-refractivity contribution in [2.75, 3.05) is 32.9 Å². The first-order valence-electron chi connectivity index (χ1n) is 7.09. The van der Waals surface area contributed by atoms with E-state index in [9.17, 15) is 5.11 Å².